The zero-order chi connectivity index (χ0) is 21.4. The minimum absolute atomic E-state index is 0.0165. The van der Waals surface area contributed by atoms with Crippen LogP contribution < -0.4 is 5.43 Å². The second-order valence-electron chi connectivity index (χ2n) is 8.19. The van der Waals surface area contributed by atoms with Crippen LogP contribution in [0.1, 0.15) is 35.2 Å². The van der Waals surface area contributed by atoms with E-state index in [9.17, 15) is 9.59 Å². The normalized spacial score (nSPS) is 16.9. The number of nitrogens with zero attached hydrogens (tertiary/aromatic N) is 1. The van der Waals surface area contributed by atoms with E-state index < -0.39 is 0 Å². The lowest BCUT2D eigenvalue weighted by atomic mass is 9.99. The first-order chi connectivity index (χ1) is 15.1. The highest BCUT2D eigenvalue weighted by molar-refractivity contribution is 6.08. The van der Waals surface area contributed by atoms with E-state index in [1.54, 1.807) is 6.08 Å². The molecule has 1 aliphatic heterocycles. The van der Waals surface area contributed by atoms with Crippen LogP contribution in [0.5, 0.6) is 0 Å². The summed E-state index contributed by atoms with van der Waals surface area (Å²) in [5.41, 5.74) is 3.44. The van der Waals surface area contributed by atoms with Gasteiger partial charge < -0.3 is 9.32 Å². The number of hydrogen-bond acceptors (Lipinski definition) is 4. The molecule has 1 unspecified atom stereocenters. The Hall–Kier alpha value is -3.66. The molecular formula is C27H23NO3. The SMILES string of the molecule is C/C(=C\C(=O)c1ccc2cc3c(=O)ccoc3cc2c1)N1CCC(c2ccccc2)C1. The van der Waals surface area contributed by atoms with Gasteiger partial charge in [0.25, 0.3) is 0 Å². The number of benzene rings is 3. The molecule has 1 fully saturated rings. The second-order valence-corrected chi connectivity index (χ2v) is 8.19. The van der Waals surface area contributed by atoms with Crippen LogP contribution in [0.4, 0.5) is 0 Å². The Morgan fingerprint density at radius 2 is 1.87 bits per heavy atom. The number of rotatable bonds is 4. The van der Waals surface area contributed by atoms with Crippen molar-refractivity contribution in [2.24, 2.45) is 0 Å². The summed E-state index contributed by atoms with van der Waals surface area (Å²) < 4.78 is 5.48. The highest BCUT2D eigenvalue weighted by Crippen LogP contribution is 2.29. The zero-order valence-electron chi connectivity index (χ0n) is 17.4. The molecule has 1 saturated heterocycles. The average molecular weight is 409 g/mol. The van der Waals surface area contributed by atoms with E-state index >= 15 is 0 Å². The minimum atomic E-state index is -0.0683. The molecule has 1 aromatic heterocycles. The number of fused-ring (bicyclic) bond motifs is 2. The number of ketones is 1. The Bertz CT molecular complexity index is 1370. The van der Waals surface area contributed by atoms with Gasteiger partial charge in [0.15, 0.2) is 11.2 Å². The summed E-state index contributed by atoms with van der Waals surface area (Å²) in [6.07, 6.45) is 4.23. The standard InChI is InChI=1S/C27H23NO3/c1-18(28-11-9-22(17-28)19-5-3-2-4-6-19)13-26(30)21-8-7-20-15-24-25(29)10-12-31-27(24)16-23(20)14-21/h2-8,10,12-16,22H,9,11,17H2,1H3/b18-13+. The zero-order valence-corrected chi connectivity index (χ0v) is 17.4. The van der Waals surface area contributed by atoms with Gasteiger partial charge in [0.2, 0.25) is 0 Å². The molecule has 0 bridgehead atoms. The molecule has 2 heterocycles. The Morgan fingerprint density at radius 1 is 1.03 bits per heavy atom. The molecule has 0 amide bonds. The summed E-state index contributed by atoms with van der Waals surface area (Å²) in [6, 6.07) is 21.2. The van der Waals surface area contributed by atoms with Crippen LogP contribution in [-0.4, -0.2) is 23.8 Å². The van der Waals surface area contributed by atoms with Crippen molar-refractivity contribution < 1.29 is 9.21 Å². The van der Waals surface area contributed by atoms with Crippen LogP contribution in [0.3, 0.4) is 0 Å². The molecule has 0 radical (unpaired) electrons. The topological polar surface area (TPSA) is 50.5 Å². The van der Waals surface area contributed by atoms with Crippen LogP contribution in [0.2, 0.25) is 0 Å². The van der Waals surface area contributed by atoms with Gasteiger partial charge in [0.1, 0.15) is 5.58 Å². The molecule has 5 rings (SSSR count). The van der Waals surface area contributed by atoms with Gasteiger partial charge >= 0.3 is 0 Å². The third-order valence-electron chi connectivity index (χ3n) is 6.20. The van der Waals surface area contributed by atoms with Gasteiger partial charge in [-0.25, -0.2) is 0 Å². The third kappa shape index (κ3) is 3.77. The predicted molar refractivity (Wildman–Crippen MR) is 123 cm³/mol. The quantitative estimate of drug-likeness (QED) is 0.253. The molecular weight excluding hydrogens is 386 g/mol. The highest BCUT2D eigenvalue weighted by Gasteiger charge is 2.24. The Kier molecular flexibility index (Phi) is 4.91. The second kappa shape index (κ2) is 7.88. The van der Waals surface area contributed by atoms with E-state index in [-0.39, 0.29) is 11.2 Å². The van der Waals surface area contributed by atoms with Crippen LogP contribution in [0.15, 0.2) is 94.0 Å². The van der Waals surface area contributed by atoms with Crippen LogP contribution >= 0.6 is 0 Å². The van der Waals surface area contributed by atoms with Crippen molar-refractivity contribution in [1.29, 1.82) is 0 Å². The maximum Gasteiger partial charge on any atom is 0.192 e. The molecule has 3 aromatic carbocycles. The fraction of sp³-hybridized carbons (Fsp3) is 0.185. The Morgan fingerprint density at radius 3 is 2.71 bits per heavy atom. The van der Waals surface area contributed by atoms with Crippen molar-refractivity contribution >= 4 is 27.5 Å². The van der Waals surface area contributed by atoms with Gasteiger partial charge in [-0.05, 0) is 47.9 Å². The van der Waals surface area contributed by atoms with Crippen molar-refractivity contribution in [1.82, 2.24) is 4.90 Å². The number of likely N-dealkylation sites (tertiary alicyclic amines) is 1. The van der Waals surface area contributed by atoms with Gasteiger partial charge in [-0.3, -0.25) is 9.59 Å². The van der Waals surface area contributed by atoms with Crippen molar-refractivity contribution in [3.8, 4) is 0 Å². The molecule has 4 heteroatoms. The summed E-state index contributed by atoms with van der Waals surface area (Å²) in [4.78, 5) is 27.3. The molecule has 154 valence electrons. The molecule has 0 N–H and O–H groups in total. The molecule has 1 atom stereocenters. The number of allylic oxidation sites excluding steroid dienone is 2. The van der Waals surface area contributed by atoms with Crippen LogP contribution in [0.25, 0.3) is 21.7 Å². The molecule has 4 nitrogen and oxygen atoms in total. The van der Waals surface area contributed by atoms with Gasteiger partial charge in [-0.2, -0.15) is 0 Å². The van der Waals surface area contributed by atoms with E-state index in [0.717, 1.165) is 36.0 Å². The van der Waals surface area contributed by atoms with Gasteiger partial charge in [-0.1, -0.05) is 42.5 Å². The summed E-state index contributed by atoms with van der Waals surface area (Å²) in [6.45, 7) is 3.90. The Balaban J connectivity index is 1.38. The average Bonchev–Trinajstić information content (AvgIpc) is 3.29. The van der Waals surface area contributed by atoms with Crippen LogP contribution in [-0.2, 0) is 0 Å². The van der Waals surface area contributed by atoms with E-state index in [1.807, 2.05) is 43.3 Å². The minimum Gasteiger partial charge on any atom is -0.464 e. The monoisotopic (exact) mass is 409 g/mol. The Labute approximate surface area is 180 Å². The predicted octanol–water partition coefficient (Wildman–Crippen LogP) is 5.52. The third-order valence-corrected chi connectivity index (χ3v) is 6.20. The highest BCUT2D eigenvalue weighted by atomic mass is 16.3. The van der Waals surface area contributed by atoms with E-state index in [4.69, 9.17) is 4.42 Å². The lowest BCUT2D eigenvalue weighted by Crippen LogP contribution is -2.19. The summed E-state index contributed by atoms with van der Waals surface area (Å²) in [7, 11) is 0. The number of carbonyl (C=O) groups excluding carboxylic acids is 1. The first-order valence-corrected chi connectivity index (χ1v) is 10.6. The largest absolute Gasteiger partial charge is 0.464 e. The fourth-order valence-electron chi connectivity index (χ4n) is 4.42. The van der Waals surface area contributed by atoms with Gasteiger partial charge in [-0.15, -0.1) is 0 Å². The summed E-state index contributed by atoms with van der Waals surface area (Å²) in [5.74, 6) is 0.487. The van der Waals surface area contributed by atoms with E-state index in [2.05, 4.69) is 29.2 Å². The number of carbonyl (C=O) groups is 1. The van der Waals surface area contributed by atoms with E-state index in [1.165, 1.54) is 17.9 Å². The molecule has 0 saturated carbocycles. The van der Waals surface area contributed by atoms with Crippen molar-refractivity contribution in [2.45, 2.75) is 19.3 Å². The van der Waals surface area contributed by atoms with E-state index in [0.29, 0.717) is 22.5 Å². The molecule has 4 aromatic rings. The first-order valence-electron chi connectivity index (χ1n) is 10.6. The molecule has 0 spiro atoms. The molecule has 31 heavy (non-hydrogen) atoms. The molecule has 1 aliphatic rings. The van der Waals surface area contributed by atoms with Crippen molar-refractivity contribution in [3.63, 3.8) is 0 Å². The smallest absolute Gasteiger partial charge is 0.192 e. The summed E-state index contributed by atoms with van der Waals surface area (Å²) >= 11 is 0. The number of hydrogen-bond donors (Lipinski definition) is 0. The summed E-state index contributed by atoms with van der Waals surface area (Å²) in [5, 5.41) is 2.34. The maximum atomic E-state index is 12.9. The first kappa shape index (κ1) is 19.3. The lowest BCUT2D eigenvalue weighted by molar-refractivity contribution is 0.104. The maximum absolute atomic E-state index is 12.9. The fourth-order valence-corrected chi connectivity index (χ4v) is 4.42. The van der Waals surface area contributed by atoms with Crippen LogP contribution in [0, 0.1) is 0 Å². The molecule has 0 aliphatic carbocycles. The van der Waals surface area contributed by atoms with Crippen molar-refractivity contribution in [3.05, 3.63) is 106 Å². The van der Waals surface area contributed by atoms with Gasteiger partial charge in [0.05, 0.1) is 11.6 Å². The van der Waals surface area contributed by atoms with Gasteiger partial charge in [0, 0.05) is 42.4 Å². The lowest BCUT2D eigenvalue weighted by Gasteiger charge is -2.19. The van der Waals surface area contributed by atoms with Crippen molar-refractivity contribution in [2.75, 3.05) is 13.1 Å².